The first-order valence-electron chi connectivity index (χ1n) is 8.04. The molecule has 2 aromatic rings. The van der Waals surface area contributed by atoms with Gasteiger partial charge in [-0.1, -0.05) is 12.1 Å². The Balaban J connectivity index is 1.87. The molecular weight excluding hydrogens is 361 g/mol. The van der Waals surface area contributed by atoms with E-state index in [0.717, 1.165) is 12.1 Å². The Bertz CT molecular complexity index is 785. The van der Waals surface area contributed by atoms with Gasteiger partial charge in [0, 0.05) is 19.8 Å². The van der Waals surface area contributed by atoms with Crippen LogP contribution in [0.4, 0.5) is 18.9 Å². The van der Waals surface area contributed by atoms with E-state index in [9.17, 15) is 22.8 Å². The molecule has 0 saturated carbocycles. The number of hydrogen-bond acceptors (Lipinski definition) is 3. The third kappa shape index (κ3) is 6.32. The summed E-state index contributed by atoms with van der Waals surface area (Å²) in [5.74, 6) is -0.0546. The molecule has 0 aliphatic carbocycles. The van der Waals surface area contributed by atoms with E-state index >= 15 is 0 Å². The first-order valence-corrected chi connectivity index (χ1v) is 8.04. The molecule has 2 aromatic carbocycles. The van der Waals surface area contributed by atoms with Crippen molar-refractivity contribution in [3.05, 3.63) is 59.7 Å². The van der Waals surface area contributed by atoms with Gasteiger partial charge in [0.1, 0.15) is 5.75 Å². The van der Waals surface area contributed by atoms with Crippen molar-refractivity contribution in [1.82, 2.24) is 4.90 Å². The van der Waals surface area contributed by atoms with Crippen molar-refractivity contribution in [1.29, 1.82) is 0 Å². The van der Waals surface area contributed by atoms with E-state index in [0.29, 0.717) is 17.0 Å². The van der Waals surface area contributed by atoms with Gasteiger partial charge in [0.15, 0.2) is 6.61 Å². The van der Waals surface area contributed by atoms with Crippen LogP contribution in [-0.4, -0.2) is 37.4 Å². The normalized spacial score (nSPS) is 11.0. The van der Waals surface area contributed by atoms with E-state index in [2.05, 4.69) is 5.32 Å². The highest BCUT2D eigenvalue weighted by Crippen LogP contribution is 2.29. The highest BCUT2D eigenvalue weighted by atomic mass is 19.4. The maximum absolute atomic E-state index is 12.5. The summed E-state index contributed by atoms with van der Waals surface area (Å²) in [6, 6.07) is 10.9. The highest BCUT2D eigenvalue weighted by molar-refractivity contribution is 5.92. The van der Waals surface area contributed by atoms with Gasteiger partial charge in [-0.3, -0.25) is 9.59 Å². The van der Waals surface area contributed by atoms with E-state index in [4.69, 9.17) is 4.74 Å². The molecule has 8 heteroatoms. The minimum atomic E-state index is -4.40. The molecule has 0 aliphatic heterocycles. The number of nitrogens with one attached hydrogen (secondary N) is 1. The Kier molecular flexibility index (Phi) is 6.44. The number of carbonyl (C=O) groups is 2. The Morgan fingerprint density at radius 3 is 2.11 bits per heavy atom. The van der Waals surface area contributed by atoms with Crippen molar-refractivity contribution in [3.63, 3.8) is 0 Å². The maximum Gasteiger partial charge on any atom is 0.416 e. The van der Waals surface area contributed by atoms with Crippen LogP contribution in [0, 0.1) is 0 Å². The number of alkyl halides is 3. The molecule has 0 radical (unpaired) electrons. The lowest BCUT2D eigenvalue weighted by molar-refractivity contribution is -0.137. The van der Waals surface area contributed by atoms with Crippen LogP contribution in [0.1, 0.15) is 11.1 Å². The molecule has 1 N–H and O–H groups in total. The summed E-state index contributed by atoms with van der Waals surface area (Å²) in [6.45, 7) is -0.0906. The molecular formula is C19H19F3N2O3. The molecule has 0 bridgehead atoms. The number of ether oxygens (including phenoxy) is 1. The van der Waals surface area contributed by atoms with E-state index in [1.165, 1.54) is 17.0 Å². The van der Waals surface area contributed by atoms with Gasteiger partial charge in [0.25, 0.3) is 5.91 Å². The maximum atomic E-state index is 12.5. The predicted octanol–water partition coefficient (Wildman–Crippen LogP) is 3.35. The van der Waals surface area contributed by atoms with Crippen molar-refractivity contribution in [3.8, 4) is 5.75 Å². The van der Waals surface area contributed by atoms with Gasteiger partial charge in [-0.2, -0.15) is 13.2 Å². The molecule has 0 saturated heterocycles. The third-order valence-electron chi connectivity index (χ3n) is 3.65. The molecule has 0 fully saturated rings. The van der Waals surface area contributed by atoms with E-state index in [1.54, 1.807) is 38.4 Å². The number of hydrogen-bond donors (Lipinski definition) is 1. The van der Waals surface area contributed by atoms with E-state index < -0.39 is 11.7 Å². The Hall–Kier alpha value is -3.03. The van der Waals surface area contributed by atoms with Crippen molar-refractivity contribution >= 4 is 17.5 Å². The van der Waals surface area contributed by atoms with Crippen LogP contribution in [-0.2, 0) is 22.2 Å². The van der Waals surface area contributed by atoms with Crippen molar-refractivity contribution in [2.45, 2.75) is 12.6 Å². The number of likely N-dealkylation sites (N-methyl/N-ethyl adjacent to an activating group) is 1. The molecule has 144 valence electrons. The first kappa shape index (κ1) is 20.3. The average Bonchev–Trinajstić information content (AvgIpc) is 2.60. The van der Waals surface area contributed by atoms with Crippen molar-refractivity contribution in [2.24, 2.45) is 0 Å². The minimum absolute atomic E-state index is 0.0479. The number of rotatable bonds is 6. The quantitative estimate of drug-likeness (QED) is 0.836. The van der Waals surface area contributed by atoms with E-state index in [-0.39, 0.29) is 24.8 Å². The van der Waals surface area contributed by atoms with Gasteiger partial charge in [-0.25, -0.2) is 0 Å². The fourth-order valence-electron chi connectivity index (χ4n) is 2.11. The Labute approximate surface area is 154 Å². The molecule has 2 rings (SSSR count). The van der Waals surface area contributed by atoms with Crippen LogP contribution in [0.25, 0.3) is 0 Å². The largest absolute Gasteiger partial charge is 0.484 e. The molecule has 0 unspecified atom stereocenters. The van der Waals surface area contributed by atoms with Crippen LogP contribution in [0.3, 0.4) is 0 Å². The average molecular weight is 380 g/mol. The van der Waals surface area contributed by atoms with E-state index in [1.807, 2.05) is 0 Å². The van der Waals surface area contributed by atoms with Gasteiger partial charge in [0.2, 0.25) is 5.91 Å². The number of nitrogens with zero attached hydrogens (tertiary/aromatic N) is 1. The second-order valence-electron chi connectivity index (χ2n) is 6.02. The summed E-state index contributed by atoms with van der Waals surface area (Å²) in [5.41, 5.74) is 0.232. The Morgan fingerprint density at radius 2 is 1.59 bits per heavy atom. The molecule has 2 amide bonds. The van der Waals surface area contributed by atoms with Gasteiger partial charge in [0.05, 0.1) is 12.0 Å². The minimum Gasteiger partial charge on any atom is -0.484 e. The summed E-state index contributed by atoms with van der Waals surface area (Å²) in [7, 11) is 3.25. The van der Waals surface area contributed by atoms with Crippen LogP contribution in [0.15, 0.2) is 48.5 Å². The standard InChI is InChI=1S/C19H19F3N2O3/c1-24(2)18(26)12-27-16-9-7-15(8-10-16)23-17(25)11-13-3-5-14(6-4-13)19(20,21)22/h3-10H,11-12H2,1-2H3,(H,23,25). The zero-order valence-corrected chi connectivity index (χ0v) is 14.8. The van der Waals surface area contributed by atoms with Crippen molar-refractivity contribution < 1.29 is 27.5 Å². The molecule has 27 heavy (non-hydrogen) atoms. The topological polar surface area (TPSA) is 58.6 Å². The third-order valence-corrected chi connectivity index (χ3v) is 3.65. The number of amides is 2. The molecule has 0 heterocycles. The smallest absolute Gasteiger partial charge is 0.416 e. The zero-order valence-electron chi connectivity index (χ0n) is 14.8. The predicted molar refractivity (Wildman–Crippen MR) is 94.4 cm³/mol. The molecule has 0 aliphatic rings. The summed E-state index contributed by atoms with van der Waals surface area (Å²) in [4.78, 5) is 24.9. The van der Waals surface area contributed by atoms with Crippen molar-refractivity contribution in [2.75, 3.05) is 26.0 Å². The fourth-order valence-corrected chi connectivity index (χ4v) is 2.11. The summed E-state index contributed by atoms with van der Waals surface area (Å²) >= 11 is 0. The number of benzene rings is 2. The van der Waals surface area contributed by atoms with Crippen LogP contribution >= 0.6 is 0 Å². The van der Waals surface area contributed by atoms with Gasteiger partial charge in [-0.05, 0) is 42.0 Å². The summed E-state index contributed by atoms with van der Waals surface area (Å²) in [5, 5.41) is 2.65. The number of anilines is 1. The number of halogens is 3. The SMILES string of the molecule is CN(C)C(=O)COc1ccc(NC(=O)Cc2ccc(C(F)(F)F)cc2)cc1. The van der Waals surface area contributed by atoms with Crippen LogP contribution < -0.4 is 10.1 Å². The highest BCUT2D eigenvalue weighted by Gasteiger charge is 2.29. The summed E-state index contributed by atoms with van der Waals surface area (Å²) in [6.07, 6.45) is -4.45. The summed E-state index contributed by atoms with van der Waals surface area (Å²) < 4.78 is 42.9. The van der Waals surface area contributed by atoms with Gasteiger partial charge in [-0.15, -0.1) is 0 Å². The lowest BCUT2D eigenvalue weighted by atomic mass is 10.1. The number of carbonyl (C=O) groups excluding carboxylic acids is 2. The van der Waals surface area contributed by atoms with Crippen LogP contribution in [0.5, 0.6) is 5.75 Å². The fraction of sp³-hybridized carbons (Fsp3) is 0.263. The van der Waals surface area contributed by atoms with Crippen LogP contribution in [0.2, 0.25) is 0 Å². The van der Waals surface area contributed by atoms with Gasteiger partial charge < -0.3 is 15.0 Å². The molecule has 0 atom stereocenters. The molecule has 0 spiro atoms. The first-order chi connectivity index (χ1) is 12.6. The second kappa shape index (κ2) is 8.57. The molecule has 5 nitrogen and oxygen atoms in total. The molecule has 0 aromatic heterocycles. The van der Waals surface area contributed by atoms with Gasteiger partial charge >= 0.3 is 6.18 Å². The monoisotopic (exact) mass is 380 g/mol. The Morgan fingerprint density at radius 1 is 1.00 bits per heavy atom. The lowest BCUT2D eigenvalue weighted by Crippen LogP contribution is -2.27. The second-order valence-corrected chi connectivity index (χ2v) is 6.02. The zero-order chi connectivity index (χ0) is 20.0. The lowest BCUT2D eigenvalue weighted by Gasteiger charge is -2.12.